The van der Waals surface area contributed by atoms with E-state index in [0.29, 0.717) is 16.8 Å². The van der Waals surface area contributed by atoms with Crippen molar-refractivity contribution in [1.82, 2.24) is 9.97 Å². The van der Waals surface area contributed by atoms with Gasteiger partial charge in [-0.1, -0.05) is 13.8 Å². The van der Waals surface area contributed by atoms with Crippen molar-refractivity contribution in [3.05, 3.63) is 40.8 Å². The molecule has 0 saturated carbocycles. The maximum atomic E-state index is 14.3. The molecule has 2 heterocycles. The van der Waals surface area contributed by atoms with Gasteiger partial charge in [-0.25, -0.2) is 18.7 Å². The van der Waals surface area contributed by atoms with Crippen molar-refractivity contribution < 1.29 is 8.78 Å². The second kappa shape index (κ2) is 4.56. The fraction of sp³-hybridized carbons (Fsp3) is 0.267. The molecular formula is C15H12ClF2N3. The normalized spacial score (nSPS) is 15.8. The average molecular weight is 308 g/mol. The molecule has 0 bridgehead atoms. The minimum atomic E-state index is -0.646. The number of rotatable bonds is 1. The van der Waals surface area contributed by atoms with Gasteiger partial charge in [-0.2, -0.15) is 0 Å². The largest absolute Gasteiger partial charge is 0.254 e. The summed E-state index contributed by atoms with van der Waals surface area (Å²) in [5, 5.41) is -0.0843. The molecule has 6 heteroatoms. The monoisotopic (exact) mass is 307 g/mol. The van der Waals surface area contributed by atoms with Crippen LogP contribution in [0.25, 0.3) is 11.3 Å². The van der Waals surface area contributed by atoms with Gasteiger partial charge >= 0.3 is 0 Å². The molecule has 0 atom stereocenters. The smallest absolute Gasteiger partial charge is 0.223 e. The molecule has 0 unspecified atom stereocenters. The molecule has 0 saturated heterocycles. The average Bonchev–Trinajstić information content (AvgIpc) is 2.65. The van der Waals surface area contributed by atoms with Crippen LogP contribution in [0.3, 0.4) is 0 Å². The van der Waals surface area contributed by atoms with E-state index in [2.05, 4.69) is 15.0 Å². The predicted molar refractivity (Wildman–Crippen MR) is 78.2 cm³/mol. The predicted octanol–water partition coefficient (Wildman–Crippen LogP) is 4.46. The molecule has 1 aromatic carbocycles. The molecule has 0 radical (unpaired) electrons. The SMILES string of the molecule is CC1=Nc2c(F)cc(-c3nc(Cl)ncc3F)cc2C1(C)C. The fourth-order valence-electron chi connectivity index (χ4n) is 2.38. The van der Waals surface area contributed by atoms with Gasteiger partial charge in [0.2, 0.25) is 5.28 Å². The maximum Gasteiger partial charge on any atom is 0.223 e. The van der Waals surface area contributed by atoms with Crippen molar-refractivity contribution in [2.24, 2.45) is 4.99 Å². The summed E-state index contributed by atoms with van der Waals surface area (Å²) in [4.78, 5) is 11.7. The Morgan fingerprint density at radius 2 is 1.86 bits per heavy atom. The Balaban J connectivity index is 2.24. The van der Waals surface area contributed by atoms with Gasteiger partial charge in [0.15, 0.2) is 5.82 Å². The molecule has 108 valence electrons. The molecule has 0 amide bonds. The van der Waals surface area contributed by atoms with Gasteiger partial charge in [-0.3, -0.25) is 4.99 Å². The Morgan fingerprint density at radius 1 is 1.14 bits per heavy atom. The summed E-state index contributed by atoms with van der Waals surface area (Å²) in [7, 11) is 0. The van der Waals surface area contributed by atoms with Crippen molar-refractivity contribution in [2.45, 2.75) is 26.2 Å². The van der Waals surface area contributed by atoms with Crippen molar-refractivity contribution in [3.8, 4) is 11.3 Å². The highest BCUT2D eigenvalue weighted by molar-refractivity contribution is 6.28. The van der Waals surface area contributed by atoms with Gasteiger partial charge < -0.3 is 0 Å². The lowest BCUT2D eigenvalue weighted by Gasteiger charge is -2.20. The number of nitrogens with zero attached hydrogens (tertiary/aromatic N) is 3. The lowest BCUT2D eigenvalue weighted by molar-refractivity contribution is 0.614. The molecular weight excluding hydrogens is 296 g/mol. The Bertz CT molecular complexity index is 785. The zero-order valence-electron chi connectivity index (χ0n) is 11.7. The molecule has 2 aromatic rings. The maximum absolute atomic E-state index is 14.3. The first-order valence-corrected chi connectivity index (χ1v) is 6.76. The molecule has 0 N–H and O–H groups in total. The molecule has 1 aliphatic rings. The Labute approximate surface area is 125 Å². The summed E-state index contributed by atoms with van der Waals surface area (Å²) in [5.74, 6) is -1.14. The van der Waals surface area contributed by atoms with Crippen LogP contribution in [0.15, 0.2) is 23.3 Å². The zero-order valence-corrected chi connectivity index (χ0v) is 12.5. The summed E-state index contributed by atoms with van der Waals surface area (Å²) in [5.41, 5.74) is 1.74. The molecule has 0 spiro atoms. The van der Waals surface area contributed by atoms with Crippen molar-refractivity contribution in [3.63, 3.8) is 0 Å². The Hall–Kier alpha value is -1.88. The van der Waals surface area contributed by atoms with E-state index < -0.39 is 17.0 Å². The summed E-state index contributed by atoms with van der Waals surface area (Å²) in [6, 6.07) is 2.93. The highest BCUT2D eigenvalue weighted by Crippen LogP contribution is 2.43. The molecule has 3 nitrogen and oxygen atoms in total. The van der Waals surface area contributed by atoms with Crippen LogP contribution in [0, 0.1) is 11.6 Å². The van der Waals surface area contributed by atoms with Gasteiger partial charge in [-0.05, 0) is 36.2 Å². The van der Waals surface area contributed by atoms with E-state index in [0.717, 1.165) is 11.9 Å². The fourth-order valence-corrected chi connectivity index (χ4v) is 2.51. The number of hydrogen-bond donors (Lipinski definition) is 0. The number of aromatic nitrogens is 2. The van der Waals surface area contributed by atoms with E-state index in [-0.39, 0.29) is 11.0 Å². The Morgan fingerprint density at radius 3 is 2.57 bits per heavy atom. The quantitative estimate of drug-likeness (QED) is 0.730. The molecule has 21 heavy (non-hydrogen) atoms. The van der Waals surface area contributed by atoms with Gasteiger partial charge in [0.05, 0.1) is 6.20 Å². The van der Waals surface area contributed by atoms with Crippen LogP contribution < -0.4 is 0 Å². The lowest BCUT2D eigenvalue weighted by atomic mass is 9.81. The third kappa shape index (κ3) is 2.12. The lowest BCUT2D eigenvalue weighted by Crippen LogP contribution is -2.22. The molecule has 1 aromatic heterocycles. The number of halogens is 3. The van der Waals surface area contributed by atoms with Gasteiger partial charge in [-0.15, -0.1) is 0 Å². The van der Waals surface area contributed by atoms with E-state index in [9.17, 15) is 8.78 Å². The first kappa shape index (κ1) is 14.1. The van der Waals surface area contributed by atoms with E-state index in [1.807, 2.05) is 20.8 Å². The topological polar surface area (TPSA) is 38.1 Å². The highest BCUT2D eigenvalue weighted by Gasteiger charge is 2.34. The van der Waals surface area contributed by atoms with Crippen LogP contribution in [0.5, 0.6) is 0 Å². The van der Waals surface area contributed by atoms with Crippen LogP contribution >= 0.6 is 11.6 Å². The summed E-state index contributed by atoms with van der Waals surface area (Å²) in [6.07, 6.45) is 0.975. The first-order chi connectivity index (χ1) is 9.80. The van der Waals surface area contributed by atoms with Crippen molar-refractivity contribution >= 4 is 23.0 Å². The van der Waals surface area contributed by atoms with Crippen LogP contribution in [-0.2, 0) is 5.41 Å². The third-order valence-electron chi connectivity index (χ3n) is 3.91. The molecule has 1 aliphatic heterocycles. The number of benzene rings is 1. The number of aliphatic imine (C=N–C) groups is 1. The minimum Gasteiger partial charge on any atom is -0.254 e. The number of fused-ring (bicyclic) bond motifs is 1. The van der Waals surface area contributed by atoms with Gasteiger partial charge in [0.1, 0.15) is 17.2 Å². The van der Waals surface area contributed by atoms with Crippen LogP contribution in [0.4, 0.5) is 14.5 Å². The second-order valence-electron chi connectivity index (χ2n) is 5.51. The van der Waals surface area contributed by atoms with E-state index in [1.165, 1.54) is 6.07 Å². The summed E-state index contributed by atoms with van der Waals surface area (Å²) >= 11 is 5.70. The number of hydrogen-bond acceptors (Lipinski definition) is 3. The van der Waals surface area contributed by atoms with Crippen LogP contribution in [0.2, 0.25) is 5.28 Å². The molecule has 3 rings (SSSR count). The Kier molecular flexibility index (Phi) is 3.06. The first-order valence-electron chi connectivity index (χ1n) is 6.39. The van der Waals surface area contributed by atoms with Crippen molar-refractivity contribution in [1.29, 1.82) is 0 Å². The summed E-state index contributed by atoms with van der Waals surface area (Å²) in [6.45, 7) is 5.75. The van der Waals surface area contributed by atoms with Gasteiger partial charge in [0.25, 0.3) is 0 Å². The van der Waals surface area contributed by atoms with Gasteiger partial charge in [0, 0.05) is 16.7 Å². The van der Waals surface area contributed by atoms with E-state index in [4.69, 9.17) is 11.6 Å². The highest BCUT2D eigenvalue weighted by atomic mass is 35.5. The minimum absolute atomic E-state index is 0.0166. The van der Waals surface area contributed by atoms with Crippen molar-refractivity contribution in [2.75, 3.05) is 0 Å². The van der Waals surface area contributed by atoms with E-state index >= 15 is 0 Å². The third-order valence-corrected chi connectivity index (χ3v) is 4.09. The van der Waals surface area contributed by atoms with Crippen LogP contribution in [0.1, 0.15) is 26.3 Å². The standard InChI is InChI=1S/C15H12ClF2N3/c1-7-15(2,3)9-4-8(5-10(17)13(9)20-7)12-11(18)6-19-14(16)21-12/h4-6H,1-3H3. The van der Waals surface area contributed by atoms with Crippen LogP contribution in [-0.4, -0.2) is 15.7 Å². The van der Waals surface area contributed by atoms with E-state index in [1.54, 1.807) is 6.07 Å². The molecule has 0 fully saturated rings. The molecule has 0 aliphatic carbocycles. The summed E-state index contributed by atoms with van der Waals surface area (Å²) < 4.78 is 28.2. The second-order valence-corrected chi connectivity index (χ2v) is 5.85. The zero-order chi connectivity index (χ0) is 15.4.